The van der Waals surface area contributed by atoms with Crippen LogP contribution in [0, 0.1) is 38.5 Å². The fraction of sp³-hybridized carbons (Fsp3) is 0.743. The number of aromatic hydroxyl groups is 1. The zero-order valence-electron chi connectivity index (χ0n) is 28.3. The highest BCUT2D eigenvalue weighted by atomic mass is 16.5. The number of benzene rings is 1. The van der Waals surface area contributed by atoms with E-state index in [1.54, 1.807) is 0 Å². The van der Waals surface area contributed by atoms with Gasteiger partial charge in [-0.05, 0) is 87.8 Å². The van der Waals surface area contributed by atoms with E-state index in [9.17, 15) is 14.7 Å². The van der Waals surface area contributed by atoms with Crippen molar-refractivity contribution in [1.82, 2.24) is 0 Å². The lowest BCUT2D eigenvalue weighted by molar-refractivity contribution is -0.143. The summed E-state index contributed by atoms with van der Waals surface area (Å²) < 4.78 is 6.60. The van der Waals surface area contributed by atoms with E-state index in [2.05, 4.69) is 41.5 Å². The van der Waals surface area contributed by atoms with Gasteiger partial charge in [0.15, 0.2) is 0 Å². The van der Waals surface area contributed by atoms with Crippen molar-refractivity contribution in [3.8, 4) is 11.5 Å². The topological polar surface area (TPSA) is 141 Å². The number of hydrogen-bond acceptors (Lipinski definition) is 5. The molecule has 8 nitrogen and oxygen atoms in total. The Morgan fingerprint density at radius 1 is 0.767 bits per heavy atom. The number of carbonyl (C=O) groups is 3. The maximum absolute atomic E-state index is 10.4. The van der Waals surface area contributed by atoms with E-state index < -0.39 is 17.9 Å². The molecule has 0 saturated carbocycles. The van der Waals surface area contributed by atoms with E-state index in [1.165, 1.54) is 56.9 Å². The number of carboxylic acid groups (broad SMARTS) is 3. The van der Waals surface area contributed by atoms with Crippen LogP contribution in [0.4, 0.5) is 0 Å². The van der Waals surface area contributed by atoms with Crippen molar-refractivity contribution >= 4 is 17.9 Å². The van der Waals surface area contributed by atoms with Crippen LogP contribution in [0.5, 0.6) is 11.5 Å². The van der Waals surface area contributed by atoms with Crippen molar-refractivity contribution in [2.75, 3.05) is 0 Å². The molecule has 8 heteroatoms. The van der Waals surface area contributed by atoms with Crippen LogP contribution < -0.4 is 4.74 Å². The summed E-state index contributed by atoms with van der Waals surface area (Å²) in [5, 5.41) is 33.6. The molecular weight excluding hydrogens is 548 g/mol. The maximum atomic E-state index is 10.4. The van der Waals surface area contributed by atoms with Crippen molar-refractivity contribution in [2.45, 2.75) is 151 Å². The predicted octanol–water partition coefficient (Wildman–Crippen LogP) is 8.87. The number of phenolic OH excluding ortho intramolecular Hbond substituents is 1. The highest BCUT2D eigenvalue weighted by molar-refractivity contribution is 5.75. The van der Waals surface area contributed by atoms with Crippen LogP contribution in [-0.4, -0.2) is 43.9 Å². The lowest BCUT2D eigenvalue weighted by Crippen LogP contribution is -2.37. The molecule has 1 aliphatic rings. The molecule has 0 aliphatic carbocycles. The van der Waals surface area contributed by atoms with Gasteiger partial charge in [-0.25, -0.2) is 0 Å². The Bertz CT molecular complexity index is 998. The van der Waals surface area contributed by atoms with Gasteiger partial charge in [0.2, 0.25) is 0 Å². The van der Waals surface area contributed by atoms with Gasteiger partial charge in [0, 0.05) is 12.5 Å². The first-order chi connectivity index (χ1) is 19.9. The van der Waals surface area contributed by atoms with E-state index >= 15 is 0 Å². The normalized spacial score (nSPS) is 16.9. The third kappa shape index (κ3) is 17.2. The fourth-order valence-corrected chi connectivity index (χ4v) is 5.49. The Labute approximate surface area is 260 Å². The van der Waals surface area contributed by atoms with Gasteiger partial charge >= 0.3 is 11.9 Å². The molecule has 0 saturated heterocycles. The van der Waals surface area contributed by atoms with Crippen LogP contribution in [0.15, 0.2) is 0 Å². The molecule has 0 unspecified atom stereocenters. The van der Waals surface area contributed by atoms with Gasteiger partial charge in [0.25, 0.3) is 5.97 Å². The summed E-state index contributed by atoms with van der Waals surface area (Å²) in [6, 6.07) is 0. The Hall–Kier alpha value is -2.77. The van der Waals surface area contributed by atoms with E-state index in [1.807, 2.05) is 13.8 Å². The van der Waals surface area contributed by atoms with Crippen molar-refractivity contribution in [1.29, 1.82) is 0 Å². The quantitative estimate of drug-likeness (QED) is 0.155. The van der Waals surface area contributed by atoms with Crippen molar-refractivity contribution in [3.63, 3.8) is 0 Å². The molecule has 4 N–H and O–H groups in total. The monoisotopic (exact) mass is 608 g/mol. The predicted molar refractivity (Wildman–Crippen MR) is 172 cm³/mol. The van der Waals surface area contributed by atoms with Gasteiger partial charge in [-0.2, -0.15) is 0 Å². The van der Waals surface area contributed by atoms with E-state index in [0.717, 1.165) is 66.4 Å². The Morgan fingerprint density at radius 3 is 1.65 bits per heavy atom. The Balaban J connectivity index is 0.00000124. The van der Waals surface area contributed by atoms with Gasteiger partial charge in [-0.3, -0.25) is 14.4 Å². The minimum absolute atomic E-state index is 0.0712. The highest BCUT2D eigenvalue weighted by Crippen LogP contribution is 2.44. The Morgan fingerprint density at radius 2 is 1.21 bits per heavy atom. The zero-order valence-corrected chi connectivity index (χ0v) is 28.3. The average Bonchev–Trinajstić information content (AvgIpc) is 2.89. The van der Waals surface area contributed by atoms with Crippen LogP contribution in [0.1, 0.15) is 141 Å². The van der Waals surface area contributed by atoms with Crippen LogP contribution in [0.25, 0.3) is 0 Å². The number of carboxylic acids is 3. The van der Waals surface area contributed by atoms with Crippen molar-refractivity contribution < 1.29 is 39.5 Å². The molecule has 2 rings (SSSR count). The highest BCUT2D eigenvalue weighted by Gasteiger charge is 2.34. The number of rotatable bonds is 15. The molecule has 1 heterocycles. The largest absolute Gasteiger partial charge is 0.507 e. The number of hydrogen-bond donors (Lipinski definition) is 4. The van der Waals surface area contributed by atoms with Gasteiger partial charge in [0.1, 0.15) is 17.1 Å². The molecule has 3 atom stereocenters. The van der Waals surface area contributed by atoms with E-state index in [-0.39, 0.29) is 18.4 Å². The summed E-state index contributed by atoms with van der Waals surface area (Å²) in [5.41, 5.74) is 4.23. The minimum atomic E-state index is -1.08. The molecule has 0 amide bonds. The number of phenols is 1. The zero-order chi connectivity index (χ0) is 33.3. The second-order valence-corrected chi connectivity index (χ2v) is 13.2. The number of fused-ring (bicyclic) bond motifs is 1. The smallest absolute Gasteiger partial charge is 0.303 e. The first-order valence-electron chi connectivity index (χ1n) is 16.0. The molecule has 0 fully saturated rings. The fourth-order valence-electron chi connectivity index (χ4n) is 5.49. The molecule has 1 aliphatic heterocycles. The molecule has 248 valence electrons. The standard InChI is InChI=1S/C29H50O2.C4H6O4.C2H4O2/c1-20(2)12-9-13-21(3)14-10-15-22(4)16-11-18-29(8)19-17-26-25(7)27(30)23(5)24(6)28(26)31-29;5-3(6)1-2-4(7)8;1-2(3)4/h20-22,30H,9-19H2,1-8H3;1-2H2,(H,5,6)(H,7,8);1H3,(H,3,4)/t21-,22-,29-;;/m1../s1. The second kappa shape index (κ2) is 20.2. The average molecular weight is 609 g/mol. The molecular formula is C35H60O8. The van der Waals surface area contributed by atoms with E-state index in [0.29, 0.717) is 5.75 Å². The lowest BCUT2D eigenvalue weighted by atomic mass is 9.84. The molecule has 1 aromatic carbocycles. The molecule has 0 aromatic heterocycles. The van der Waals surface area contributed by atoms with Crippen LogP contribution in [0.3, 0.4) is 0 Å². The maximum Gasteiger partial charge on any atom is 0.303 e. The third-order valence-electron chi connectivity index (χ3n) is 8.42. The summed E-state index contributed by atoms with van der Waals surface area (Å²) in [6.07, 6.45) is 13.5. The summed E-state index contributed by atoms with van der Waals surface area (Å²) >= 11 is 0. The number of aliphatic carboxylic acids is 3. The Kier molecular flexibility index (Phi) is 18.9. The SMILES string of the molecule is CC(=O)O.Cc1c(C)c2c(c(C)c1O)CC[C@@](C)(CCC[C@H](C)CCC[C@H](C)CCCC(C)C)O2.O=C(O)CCC(=O)O. The third-order valence-corrected chi connectivity index (χ3v) is 8.42. The first-order valence-corrected chi connectivity index (χ1v) is 16.0. The molecule has 0 spiro atoms. The summed E-state index contributed by atoms with van der Waals surface area (Å²) in [4.78, 5) is 28.3. The second-order valence-electron chi connectivity index (χ2n) is 13.2. The molecule has 43 heavy (non-hydrogen) atoms. The molecule has 1 aromatic rings. The van der Waals surface area contributed by atoms with Crippen LogP contribution >= 0.6 is 0 Å². The lowest BCUT2D eigenvalue weighted by Gasteiger charge is -2.38. The van der Waals surface area contributed by atoms with Crippen LogP contribution in [-0.2, 0) is 20.8 Å². The first kappa shape index (κ1) is 40.2. The van der Waals surface area contributed by atoms with Crippen molar-refractivity contribution in [2.24, 2.45) is 17.8 Å². The molecule has 0 radical (unpaired) electrons. The van der Waals surface area contributed by atoms with Gasteiger partial charge in [-0.15, -0.1) is 0 Å². The van der Waals surface area contributed by atoms with Gasteiger partial charge in [-0.1, -0.05) is 72.6 Å². The summed E-state index contributed by atoms with van der Waals surface area (Å²) in [6.45, 7) is 19.0. The molecule has 0 bridgehead atoms. The minimum Gasteiger partial charge on any atom is -0.507 e. The summed E-state index contributed by atoms with van der Waals surface area (Å²) in [5.74, 6) is 1.05. The summed E-state index contributed by atoms with van der Waals surface area (Å²) in [7, 11) is 0. The van der Waals surface area contributed by atoms with Gasteiger partial charge < -0.3 is 25.2 Å². The van der Waals surface area contributed by atoms with E-state index in [4.69, 9.17) is 24.9 Å². The number of ether oxygens (including phenoxy) is 1. The van der Waals surface area contributed by atoms with Gasteiger partial charge in [0.05, 0.1) is 12.8 Å². The van der Waals surface area contributed by atoms with Crippen molar-refractivity contribution in [3.05, 3.63) is 22.3 Å². The van der Waals surface area contributed by atoms with Crippen LogP contribution in [0.2, 0.25) is 0 Å².